The van der Waals surface area contributed by atoms with E-state index in [2.05, 4.69) is 4.98 Å². The van der Waals surface area contributed by atoms with Crippen LogP contribution in [0.2, 0.25) is 0 Å². The normalized spacial score (nSPS) is 12.9. The van der Waals surface area contributed by atoms with Gasteiger partial charge < -0.3 is 4.74 Å². The lowest BCUT2D eigenvalue weighted by Crippen LogP contribution is -2.38. The van der Waals surface area contributed by atoms with Gasteiger partial charge in [-0.3, -0.25) is 32.8 Å². The average molecular weight is 472 g/mol. The molecule has 4 rings (SSSR count). The highest BCUT2D eigenvalue weighted by Crippen LogP contribution is 2.44. The van der Waals surface area contributed by atoms with E-state index in [-0.39, 0.29) is 11.1 Å². The van der Waals surface area contributed by atoms with E-state index in [1.165, 1.54) is 0 Å². The van der Waals surface area contributed by atoms with Crippen LogP contribution in [0.25, 0.3) is 0 Å². The Morgan fingerprint density at radius 1 is 0.844 bits per heavy atom. The quantitative estimate of drug-likeness (QED) is 0.412. The van der Waals surface area contributed by atoms with Crippen molar-refractivity contribution in [3.8, 4) is 11.8 Å². The number of aromatic nitrogens is 5. The SMILES string of the molecule is CCn1c2c(c(=O)n(CC)c1=S)C(c1cccnc1)c1c(n(CC)c(=S)n(CC)c1=O)O2. The topological polar surface area (TPSA) is 76.0 Å². The molecule has 4 heterocycles. The second-order valence-corrected chi connectivity index (χ2v) is 8.14. The number of rotatable bonds is 5. The predicted octanol–water partition coefficient (Wildman–Crippen LogP) is 3.83. The van der Waals surface area contributed by atoms with Crippen LogP contribution >= 0.6 is 24.4 Å². The molecule has 0 N–H and O–H groups in total. The minimum absolute atomic E-state index is 0.260. The number of hydrogen-bond donors (Lipinski definition) is 0. The lowest BCUT2D eigenvalue weighted by atomic mass is 9.86. The Balaban J connectivity index is 2.25. The van der Waals surface area contributed by atoms with Gasteiger partial charge in [0.25, 0.3) is 11.1 Å². The molecule has 0 saturated heterocycles. The van der Waals surface area contributed by atoms with E-state index in [1.54, 1.807) is 36.7 Å². The molecule has 0 saturated carbocycles. The smallest absolute Gasteiger partial charge is 0.262 e. The van der Waals surface area contributed by atoms with Gasteiger partial charge in [-0.1, -0.05) is 6.07 Å². The fourth-order valence-corrected chi connectivity index (χ4v) is 5.20. The van der Waals surface area contributed by atoms with E-state index in [4.69, 9.17) is 29.2 Å². The van der Waals surface area contributed by atoms with Gasteiger partial charge in [0, 0.05) is 38.6 Å². The molecule has 1 aliphatic rings. The van der Waals surface area contributed by atoms with Crippen molar-refractivity contribution < 1.29 is 4.74 Å². The van der Waals surface area contributed by atoms with E-state index in [0.29, 0.717) is 58.6 Å². The van der Waals surface area contributed by atoms with Gasteiger partial charge in [-0.15, -0.1) is 0 Å². The first kappa shape index (κ1) is 22.3. The molecule has 0 fully saturated rings. The highest BCUT2D eigenvalue weighted by molar-refractivity contribution is 7.71. The Kier molecular flexibility index (Phi) is 6.00. The van der Waals surface area contributed by atoms with Crippen molar-refractivity contribution in [3.63, 3.8) is 0 Å². The van der Waals surface area contributed by atoms with Crippen molar-refractivity contribution in [3.05, 3.63) is 71.5 Å². The van der Waals surface area contributed by atoms with Gasteiger partial charge in [-0.2, -0.15) is 0 Å². The molecule has 0 aliphatic carbocycles. The van der Waals surface area contributed by atoms with E-state index < -0.39 is 5.92 Å². The summed E-state index contributed by atoms with van der Waals surface area (Å²) in [6, 6.07) is 3.67. The summed E-state index contributed by atoms with van der Waals surface area (Å²) in [5.41, 5.74) is 0.997. The monoisotopic (exact) mass is 471 g/mol. The van der Waals surface area contributed by atoms with Gasteiger partial charge in [-0.05, 0) is 63.8 Å². The molecule has 32 heavy (non-hydrogen) atoms. The minimum Gasteiger partial charge on any atom is -0.423 e. The van der Waals surface area contributed by atoms with Crippen LogP contribution in [0.1, 0.15) is 50.3 Å². The Morgan fingerprint density at radius 2 is 1.31 bits per heavy atom. The number of fused-ring (bicyclic) bond motifs is 2. The summed E-state index contributed by atoms with van der Waals surface area (Å²) in [4.78, 5) is 31.6. The first-order valence-electron chi connectivity index (χ1n) is 10.7. The second-order valence-electron chi connectivity index (χ2n) is 7.41. The third kappa shape index (κ3) is 3.12. The van der Waals surface area contributed by atoms with Gasteiger partial charge in [-0.25, -0.2) is 0 Å². The average Bonchev–Trinajstić information content (AvgIpc) is 2.79. The van der Waals surface area contributed by atoms with Crippen LogP contribution in [-0.4, -0.2) is 23.3 Å². The molecule has 3 aromatic rings. The predicted molar refractivity (Wildman–Crippen MR) is 127 cm³/mol. The summed E-state index contributed by atoms with van der Waals surface area (Å²) in [5.74, 6) is 0.0671. The molecule has 1 aliphatic heterocycles. The van der Waals surface area contributed by atoms with Crippen molar-refractivity contribution in [2.75, 3.05) is 0 Å². The summed E-state index contributed by atoms with van der Waals surface area (Å²) < 4.78 is 13.8. The highest BCUT2D eigenvalue weighted by Gasteiger charge is 2.39. The Bertz CT molecular complexity index is 1340. The molecule has 0 unspecified atom stereocenters. The molecule has 8 nitrogen and oxygen atoms in total. The molecule has 0 spiro atoms. The first-order valence-corrected chi connectivity index (χ1v) is 11.5. The molecule has 0 aromatic carbocycles. The van der Waals surface area contributed by atoms with Gasteiger partial charge in [0.15, 0.2) is 9.54 Å². The number of pyridine rings is 1. The van der Waals surface area contributed by atoms with Crippen LogP contribution in [-0.2, 0) is 26.2 Å². The van der Waals surface area contributed by atoms with E-state index in [1.807, 2.05) is 33.8 Å². The third-order valence-corrected chi connectivity index (χ3v) is 6.76. The molecular formula is C22H25N5O3S2. The van der Waals surface area contributed by atoms with Crippen LogP contribution in [0.15, 0.2) is 34.1 Å². The Labute approximate surface area is 195 Å². The zero-order valence-corrected chi connectivity index (χ0v) is 20.1. The van der Waals surface area contributed by atoms with E-state index in [9.17, 15) is 9.59 Å². The molecular weight excluding hydrogens is 446 g/mol. The summed E-state index contributed by atoms with van der Waals surface area (Å²) in [5, 5.41) is 0. The summed E-state index contributed by atoms with van der Waals surface area (Å²) in [6.45, 7) is 9.48. The van der Waals surface area contributed by atoms with Crippen LogP contribution in [0, 0.1) is 9.54 Å². The van der Waals surface area contributed by atoms with E-state index >= 15 is 0 Å². The second kappa shape index (κ2) is 8.59. The highest BCUT2D eigenvalue weighted by atomic mass is 32.1. The maximum Gasteiger partial charge on any atom is 0.262 e. The summed E-state index contributed by atoms with van der Waals surface area (Å²) in [6.07, 6.45) is 3.35. The van der Waals surface area contributed by atoms with Crippen molar-refractivity contribution in [2.24, 2.45) is 0 Å². The lowest BCUT2D eigenvalue weighted by Gasteiger charge is -2.32. The fourth-order valence-electron chi connectivity index (χ4n) is 4.35. The molecule has 0 bridgehead atoms. The number of hydrogen-bond acceptors (Lipinski definition) is 6. The van der Waals surface area contributed by atoms with Crippen LogP contribution in [0.3, 0.4) is 0 Å². The number of ether oxygens (including phenoxy) is 1. The molecule has 0 radical (unpaired) electrons. The van der Waals surface area contributed by atoms with Gasteiger partial charge >= 0.3 is 0 Å². The van der Waals surface area contributed by atoms with Crippen molar-refractivity contribution in [2.45, 2.75) is 59.8 Å². The maximum absolute atomic E-state index is 13.7. The summed E-state index contributed by atoms with van der Waals surface area (Å²) >= 11 is 11.2. The van der Waals surface area contributed by atoms with Crippen LogP contribution < -0.4 is 15.9 Å². The van der Waals surface area contributed by atoms with Gasteiger partial charge in [0.1, 0.15) is 0 Å². The number of nitrogens with zero attached hydrogens (tertiary/aromatic N) is 5. The van der Waals surface area contributed by atoms with Crippen molar-refractivity contribution >= 4 is 24.4 Å². The molecule has 3 aromatic heterocycles. The summed E-state index contributed by atoms with van der Waals surface area (Å²) in [7, 11) is 0. The van der Waals surface area contributed by atoms with Gasteiger partial charge in [0.05, 0.1) is 17.0 Å². The zero-order chi connectivity index (χ0) is 23.2. The first-order chi connectivity index (χ1) is 15.4. The third-order valence-electron chi connectivity index (χ3n) is 5.88. The molecule has 0 amide bonds. The minimum atomic E-state index is -0.653. The molecule has 168 valence electrons. The van der Waals surface area contributed by atoms with Crippen LogP contribution in [0.5, 0.6) is 11.8 Å². The molecule has 0 atom stereocenters. The largest absolute Gasteiger partial charge is 0.423 e. The molecule has 10 heteroatoms. The van der Waals surface area contributed by atoms with E-state index in [0.717, 1.165) is 5.56 Å². The lowest BCUT2D eigenvalue weighted by molar-refractivity contribution is 0.341. The standard InChI is InChI=1S/C22H25N5O3S2/c1-5-24-17(28)15-14(13-10-9-11-23-12-13)16-18(29)25(6-2)22(32)27(8-4)20(16)30-19(15)26(7-3)21(24)31/h9-12,14H,5-8H2,1-4H3. The Hall–Kier alpha value is -2.85. The zero-order valence-electron chi connectivity index (χ0n) is 18.5. The van der Waals surface area contributed by atoms with Crippen molar-refractivity contribution in [1.29, 1.82) is 0 Å². The fraction of sp³-hybridized carbons (Fsp3) is 0.409. The van der Waals surface area contributed by atoms with Crippen molar-refractivity contribution in [1.82, 2.24) is 23.3 Å². The maximum atomic E-state index is 13.7. The Morgan fingerprint density at radius 3 is 1.69 bits per heavy atom. The van der Waals surface area contributed by atoms with Crippen LogP contribution in [0.4, 0.5) is 0 Å². The van der Waals surface area contributed by atoms with Gasteiger partial charge in [0.2, 0.25) is 11.8 Å².